The molecule has 0 radical (unpaired) electrons. The Labute approximate surface area is 196 Å². The van der Waals surface area contributed by atoms with Crippen LogP contribution in [0.5, 0.6) is 0 Å². The van der Waals surface area contributed by atoms with Gasteiger partial charge in [0.2, 0.25) is 11.8 Å². The van der Waals surface area contributed by atoms with E-state index >= 15 is 0 Å². The average molecular weight is 449 g/mol. The van der Waals surface area contributed by atoms with E-state index in [1.54, 1.807) is 0 Å². The molecule has 2 aliphatic heterocycles. The Bertz CT molecular complexity index is 1010. The van der Waals surface area contributed by atoms with Gasteiger partial charge in [-0.1, -0.05) is 37.3 Å². The maximum Gasteiger partial charge on any atom is 0.231 e. The van der Waals surface area contributed by atoms with Gasteiger partial charge in [0.25, 0.3) is 0 Å². The van der Waals surface area contributed by atoms with Crippen molar-refractivity contribution in [2.75, 3.05) is 19.6 Å². The summed E-state index contributed by atoms with van der Waals surface area (Å²) in [5.41, 5.74) is 1.68. The van der Waals surface area contributed by atoms with E-state index in [-0.39, 0.29) is 29.7 Å². The zero-order valence-corrected chi connectivity index (χ0v) is 20.1. The number of piperidine rings is 1. The second kappa shape index (κ2) is 8.62. The first-order valence-corrected chi connectivity index (χ1v) is 12.5. The number of carbonyl (C=O) groups is 2. The molecular formula is C27H36N4O2. The largest absolute Gasteiger partial charge is 0.341 e. The van der Waals surface area contributed by atoms with E-state index in [1.165, 1.54) is 0 Å². The smallest absolute Gasteiger partial charge is 0.231 e. The fourth-order valence-corrected chi connectivity index (χ4v) is 6.38. The maximum atomic E-state index is 14.2. The van der Waals surface area contributed by atoms with E-state index in [1.807, 2.05) is 34.2 Å². The van der Waals surface area contributed by atoms with Crippen LogP contribution in [0.4, 0.5) is 0 Å². The minimum absolute atomic E-state index is 0.0186. The Balaban J connectivity index is 1.48. The standard InChI is InChI=1S/C27H36N4O2/c1-19(2)31-24(10-12-28-31)23-17-30(25(32)22-14-20(3)15-22)18-27(23)11-7-13-29(26(27)33)16-21-8-5-4-6-9-21/h4-6,8-10,12,19-20,22-23H,7,11,13-18H2,1-3H3/t20?,22?,23-,27+/m0/s1. The number of carbonyl (C=O) groups excluding carboxylic acids is 2. The molecule has 176 valence electrons. The minimum Gasteiger partial charge on any atom is -0.341 e. The summed E-state index contributed by atoms with van der Waals surface area (Å²) < 4.78 is 2.05. The fraction of sp³-hybridized carbons (Fsp3) is 0.593. The van der Waals surface area contributed by atoms with Gasteiger partial charge in [0.05, 0.1) is 5.41 Å². The average Bonchev–Trinajstić information content (AvgIpc) is 3.41. The summed E-state index contributed by atoms with van der Waals surface area (Å²) >= 11 is 0. The monoisotopic (exact) mass is 448 g/mol. The Morgan fingerprint density at radius 3 is 2.64 bits per heavy atom. The van der Waals surface area contributed by atoms with Crippen LogP contribution in [0.25, 0.3) is 0 Å². The van der Waals surface area contributed by atoms with Crippen molar-refractivity contribution in [3.63, 3.8) is 0 Å². The van der Waals surface area contributed by atoms with E-state index in [0.29, 0.717) is 25.6 Å². The normalized spacial score (nSPS) is 29.7. The van der Waals surface area contributed by atoms with Crippen molar-refractivity contribution in [2.24, 2.45) is 17.3 Å². The molecule has 0 bridgehead atoms. The number of nitrogens with zero attached hydrogens (tertiary/aromatic N) is 4. The van der Waals surface area contributed by atoms with Crippen molar-refractivity contribution in [2.45, 2.75) is 65.0 Å². The molecule has 2 aromatic rings. The van der Waals surface area contributed by atoms with E-state index in [0.717, 1.165) is 43.5 Å². The fourth-order valence-electron chi connectivity index (χ4n) is 6.38. The van der Waals surface area contributed by atoms with E-state index in [2.05, 4.69) is 48.8 Å². The first-order valence-electron chi connectivity index (χ1n) is 12.5. The molecule has 6 heteroatoms. The van der Waals surface area contributed by atoms with Crippen molar-refractivity contribution in [3.8, 4) is 0 Å². The van der Waals surface area contributed by atoms with Crippen LogP contribution in [-0.2, 0) is 16.1 Å². The van der Waals surface area contributed by atoms with Gasteiger partial charge in [0.15, 0.2) is 0 Å². The second-order valence-corrected chi connectivity index (χ2v) is 10.8. The van der Waals surface area contributed by atoms with Gasteiger partial charge in [0, 0.05) is 55.9 Å². The second-order valence-electron chi connectivity index (χ2n) is 10.8. The Hall–Kier alpha value is -2.63. The predicted molar refractivity (Wildman–Crippen MR) is 127 cm³/mol. The van der Waals surface area contributed by atoms with Crippen LogP contribution in [0.2, 0.25) is 0 Å². The third-order valence-corrected chi connectivity index (χ3v) is 8.11. The number of likely N-dealkylation sites (tertiary alicyclic amines) is 2. The molecule has 6 nitrogen and oxygen atoms in total. The molecule has 5 rings (SSSR count). The number of amides is 2. The summed E-state index contributed by atoms with van der Waals surface area (Å²) in [6.45, 7) is 9.03. The molecule has 0 N–H and O–H groups in total. The molecule has 2 saturated heterocycles. The van der Waals surface area contributed by atoms with Gasteiger partial charge in [-0.3, -0.25) is 14.3 Å². The van der Waals surface area contributed by atoms with Crippen LogP contribution < -0.4 is 0 Å². The summed E-state index contributed by atoms with van der Waals surface area (Å²) in [4.78, 5) is 31.6. The van der Waals surface area contributed by atoms with Gasteiger partial charge in [-0.05, 0) is 57.1 Å². The van der Waals surface area contributed by atoms with Gasteiger partial charge >= 0.3 is 0 Å². The van der Waals surface area contributed by atoms with Gasteiger partial charge in [0.1, 0.15) is 0 Å². The molecule has 3 aliphatic rings. The van der Waals surface area contributed by atoms with Crippen LogP contribution in [0.3, 0.4) is 0 Å². The molecule has 1 aromatic carbocycles. The Morgan fingerprint density at radius 2 is 1.94 bits per heavy atom. The van der Waals surface area contributed by atoms with Crippen molar-refractivity contribution in [1.82, 2.24) is 19.6 Å². The van der Waals surface area contributed by atoms with Crippen molar-refractivity contribution >= 4 is 11.8 Å². The van der Waals surface area contributed by atoms with Gasteiger partial charge < -0.3 is 9.80 Å². The van der Waals surface area contributed by atoms with Crippen LogP contribution in [0.1, 0.15) is 69.7 Å². The number of hydrogen-bond acceptors (Lipinski definition) is 3. The van der Waals surface area contributed by atoms with Crippen LogP contribution in [-0.4, -0.2) is 51.0 Å². The van der Waals surface area contributed by atoms with Gasteiger partial charge in [-0.25, -0.2) is 0 Å². The lowest BCUT2D eigenvalue weighted by atomic mass is 9.70. The molecule has 1 spiro atoms. The summed E-state index contributed by atoms with van der Waals surface area (Å²) in [5.74, 6) is 1.20. The molecule has 1 aromatic heterocycles. The molecule has 2 atom stereocenters. The molecule has 3 fully saturated rings. The highest BCUT2D eigenvalue weighted by Gasteiger charge is 2.57. The predicted octanol–water partition coefficient (Wildman–Crippen LogP) is 4.24. The molecule has 0 unspecified atom stereocenters. The number of benzene rings is 1. The summed E-state index contributed by atoms with van der Waals surface area (Å²) in [6, 6.07) is 12.5. The quantitative estimate of drug-likeness (QED) is 0.687. The molecule has 1 saturated carbocycles. The lowest BCUT2D eigenvalue weighted by Crippen LogP contribution is -2.52. The molecule has 33 heavy (non-hydrogen) atoms. The summed E-state index contributed by atoms with van der Waals surface area (Å²) in [6.07, 6.45) is 5.59. The van der Waals surface area contributed by atoms with Crippen LogP contribution >= 0.6 is 0 Å². The van der Waals surface area contributed by atoms with E-state index < -0.39 is 5.41 Å². The van der Waals surface area contributed by atoms with Crippen molar-refractivity contribution in [3.05, 3.63) is 53.9 Å². The highest BCUT2D eigenvalue weighted by molar-refractivity contribution is 5.88. The van der Waals surface area contributed by atoms with Gasteiger partial charge in [-0.2, -0.15) is 5.10 Å². The number of aromatic nitrogens is 2. The van der Waals surface area contributed by atoms with Crippen molar-refractivity contribution < 1.29 is 9.59 Å². The molecule has 1 aliphatic carbocycles. The molecule has 2 amide bonds. The van der Waals surface area contributed by atoms with E-state index in [4.69, 9.17) is 0 Å². The topological polar surface area (TPSA) is 58.4 Å². The van der Waals surface area contributed by atoms with Gasteiger partial charge in [-0.15, -0.1) is 0 Å². The summed E-state index contributed by atoms with van der Waals surface area (Å²) in [5, 5.41) is 4.58. The first-order chi connectivity index (χ1) is 15.9. The highest BCUT2D eigenvalue weighted by Crippen LogP contribution is 2.51. The van der Waals surface area contributed by atoms with Crippen LogP contribution in [0.15, 0.2) is 42.6 Å². The number of rotatable bonds is 5. The Morgan fingerprint density at radius 1 is 1.18 bits per heavy atom. The third kappa shape index (κ3) is 3.87. The van der Waals surface area contributed by atoms with Crippen molar-refractivity contribution in [1.29, 1.82) is 0 Å². The zero-order chi connectivity index (χ0) is 23.2. The SMILES string of the molecule is CC1CC(C(=O)N2C[C@@H](c3ccnn3C(C)C)[C@@]3(CCCN(Cc4ccccc4)C3=O)C2)C1. The lowest BCUT2D eigenvalue weighted by molar-refractivity contribution is -0.148. The third-order valence-electron chi connectivity index (χ3n) is 8.11. The first kappa shape index (κ1) is 22.2. The lowest BCUT2D eigenvalue weighted by Gasteiger charge is -2.42. The number of hydrogen-bond donors (Lipinski definition) is 0. The summed E-state index contributed by atoms with van der Waals surface area (Å²) in [7, 11) is 0. The van der Waals surface area contributed by atoms with Crippen LogP contribution in [0, 0.1) is 17.3 Å². The maximum absolute atomic E-state index is 14.2. The zero-order valence-electron chi connectivity index (χ0n) is 20.1. The Kier molecular flexibility index (Phi) is 5.79. The minimum atomic E-state index is -0.565. The highest BCUT2D eigenvalue weighted by atomic mass is 16.2. The molecular weight excluding hydrogens is 412 g/mol. The molecule has 3 heterocycles. The van der Waals surface area contributed by atoms with E-state index in [9.17, 15) is 9.59 Å².